The molecule has 2 heterocycles. The number of carbonyl (C=O) groups is 2. The predicted molar refractivity (Wildman–Crippen MR) is 146 cm³/mol. The largest absolute Gasteiger partial charge is 0.492 e. The molecule has 1 aromatic carbocycles. The molecule has 2 N–H and O–H groups in total. The molecule has 0 bridgehead atoms. The van der Waals surface area contributed by atoms with Crippen molar-refractivity contribution in [3.05, 3.63) is 42.5 Å². The van der Waals surface area contributed by atoms with Gasteiger partial charge in [0.25, 0.3) is 5.92 Å². The van der Waals surface area contributed by atoms with Crippen molar-refractivity contribution < 1.29 is 27.8 Å². The van der Waals surface area contributed by atoms with Crippen LogP contribution < -0.4 is 15.0 Å². The summed E-state index contributed by atoms with van der Waals surface area (Å²) in [5.74, 6) is -3.14. The highest BCUT2D eigenvalue weighted by atomic mass is 19.3. The number of nitrogens with one attached hydrogen (secondary N) is 2. The number of nitrogens with zero attached hydrogens (tertiary/aromatic N) is 3. The summed E-state index contributed by atoms with van der Waals surface area (Å²) < 4.78 is 39.8. The van der Waals surface area contributed by atoms with E-state index in [9.17, 15) is 18.4 Å². The van der Waals surface area contributed by atoms with Crippen LogP contribution in [0.4, 0.5) is 19.3 Å². The number of methoxy groups -OCH3 is 1. The Bertz CT molecular complexity index is 1180. The molecule has 1 aliphatic rings. The monoisotopic (exact) mass is 547 g/mol. The van der Waals surface area contributed by atoms with Gasteiger partial charge in [-0.2, -0.15) is 0 Å². The summed E-state index contributed by atoms with van der Waals surface area (Å²) in [6.07, 6.45) is 4.13. The Morgan fingerprint density at radius 2 is 2.03 bits per heavy atom. The van der Waals surface area contributed by atoms with Gasteiger partial charge in [0.1, 0.15) is 17.6 Å². The predicted octanol–water partition coefficient (Wildman–Crippen LogP) is 5.51. The molecule has 11 heteroatoms. The fourth-order valence-corrected chi connectivity index (χ4v) is 4.68. The van der Waals surface area contributed by atoms with Gasteiger partial charge >= 0.3 is 6.09 Å². The Labute approximate surface area is 228 Å². The number of allylic oxidation sites excluding steroid dienone is 1. The molecule has 2 atom stereocenters. The first kappa shape index (κ1) is 29.9. The van der Waals surface area contributed by atoms with Crippen LogP contribution in [-0.4, -0.2) is 65.1 Å². The SMILES string of the molecule is C/C=C\N(c1ccc(-c2cnc([C@@H]3CC(F)(F)CN3C(=O)[C@@H](NC(=O)OC)C(C)C)[nH]2)cc1OCC)C(C)C. The first-order valence-electron chi connectivity index (χ1n) is 13.2. The zero-order valence-electron chi connectivity index (χ0n) is 23.6. The van der Waals surface area contributed by atoms with Gasteiger partial charge in [0, 0.05) is 24.2 Å². The number of alkyl halides is 2. The van der Waals surface area contributed by atoms with Gasteiger partial charge in [-0.05, 0) is 45.7 Å². The van der Waals surface area contributed by atoms with Gasteiger partial charge in [-0.25, -0.2) is 18.6 Å². The summed E-state index contributed by atoms with van der Waals surface area (Å²) in [6.45, 7) is 11.2. The second-order valence-electron chi connectivity index (χ2n) is 10.2. The van der Waals surface area contributed by atoms with Crippen LogP contribution in [0.3, 0.4) is 0 Å². The number of anilines is 1. The third kappa shape index (κ3) is 6.88. The van der Waals surface area contributed by atoms with Crippen LogP contribution >= 0.6 is 0 Å². The normalized spacial score (nSPS) is 17.6. The highest BCUT2D eigenvalue weighted by Gasteiger charge is 2.50. The first-order valence-corrected chi connectivity index (χ1v) is 13.2. The Morgan fingerprint density at radius 1 is 1.31 bits per heavy atom. The number of hydrogen-bond donors (Lipinski definition) is 2. The van der Waals surface area contributed by atoms with E-state index in [1.165, 1.54) is 7.11 Å². The van der Waals surface area contributed by atoms with Crippen molar-refractivity contribution in [1.82, 2.24) is 20.2 Å². The van der Waals surface area contributed by atoms with Gasteiger partial charge in [0.15, 0.2) is 0 Å². The number of halogens is 2. The van der Waals surface area contributed by atoms with Crippen LogP contribution in [0.2, 0.25) is 0 Å². The summed E-state index contributed by atoms with van der Waals surface area (Å²) in [4.78, 5) is 35.9. The molecule has 0 spiro atoms. The molecule has 3 rings (SSSR count). The van der Waals surface area contributed by atoms with Crippen molar-refractivity contribution in [2.75, 3.05) is 25.2 Å². The third-order valence-corrected chi connectivity index (χ3v) is 6.57. The minimum atomic E-state index is -3.10. The van der Waals surface area contributed by atoms with Gasteiger partial charge < -0.3 is 29.6 Å². The lowest BCUT2D eigenvalue weighted by Gasteiger charge is -2.29. The highest BCUT2D eigenvalue weighted by Crippen LogP contribution is 2.41. The molecule has 0 unspecified atom stereocenters. The fraction of sp³-hybridized carbons (Fsp3) is 0.536. The van der Waals surface area contributed by atoms with E-state index in [-0.39, 0.29) is 17.8 Å². The Kier molecular flexibility index (Phi) is 9.58. The smallest absolute Gasteiger partial charge is 0.407 e. The van der Waals surface area contributed by atoms with E-state index < -0.39 is 43.0 Å². The van der Waals surface area contributed by atoms with Gasteiger partial charge in [-0.3, -0.25) is 4.79 Å². The van der Waals surface area contributed by atoms with Crippen molar-refractivity contribution in [2.24, 2.45) is 5.92 Å². The molecular weight excluding hydrogens is 508 g/mol. The number of aromatic amines is 1. The van der Waals surface area contributed by atoms with E-state index in [1.54, 1.807) is 20.0 Å². The standard InChI is InChI=1S/C28H39F2N5O4/c1-8-12-34(18(5)6)21-11-10-19(13-23(21)39-9-2)20-15-31-25(32-20)22-14-28(29,30)16-35(22)26(36)24(17(3)4)33-27(37)38-7/h8,10-13,15,17-18,22,24H,9,14,16H2,1-7H3,(H,31,32)(H,33,37)/b12-8-/t22-,24-/m0/s1. The maximum absolute atomic E-state index is 14.6. The second kappa shape index (κ2) is 12.5. The van der Waals surface area contributed by atoms with Crippen LogP contribution in [-0.2, 0) is 9.53 Å². The van der Waals surface area contributed by atoms with Crippen LogP contribution in [0.1, 0.15) is 59.8 Å². The molecule has 0 radical (unpaired) electrons. The summed E-state index contributed by atoms with van der Waals surface area (Å²) >= 11 is 0. The maximum atomic E-state index is 14.6. The topological polar surface area (TPSA) is 99.8 Å². The van der Waals surface area contributed by atoms with E-state index in [1.807, 2.05) is 44.3 Å². The molecular formula is C28H39F2N5O4. The van der Waals surface area contributed by atoms with Crippen LogP contribution in [0.15, 0.2) is 36.7 Å². The summed E-state index contributed by atoms with van der Waals surface area (Å²) in [7, 11) is 1.18. The lowest BCUT2D eigenvalue weighted by Crippen LogP contribution is -2.51. The number of benzene rings is 1. The zero-order valence-corrected chi connectivity index (χ0v) is 23.6. The molecule has 1 aromatic heterocycles. The van der Waals surface area contributed by atoms with Gasteiger partial charge in [-0.15, -0.1) is 0 Å². The molecule has 39 heavy (non-hydrogen) atoms. The minimum Gasteiger partial charge on any atom is -0.492 e. The molecule has 0 saturated carbocycles. The highest BCUT2D eigenvalue weighted by molar-refractivity contribution is 5.86. The van der Waals surface area contributed by atoms with Gasteiger partial charge in [0.2, 0.25) is 5.91 Å². The van der Waals surface area contributed by atoms with E-state index in [4.69, 9.17) is 4.74 Å². The number of ether oxygens (including phenoxy) is 2. The molecule has 1 saturated heterocycles. The number of carbonyl (C=O) groups excluding carboxylic acids is 2. The third-order valence-electron chi connectivity index (χ3n) is 6.57. The molecule has 1 aliphatic heterocycles. The molecule has 0 aliphatic carbocycles. The summed E-state index contributed by atoms with van der Waals surface area (Å²) in [5.41, 5.74) is 2.27. The number of H-pyrrole nitrogens is 1. The first-order chi connectivity index (χ1) is 18.4. The molecule has 1 fully saturated rings. The summed E-state index contributed by atoms with van der Waals surface area (Å²) in [6, 6.07) is 3.93. The van der Waals surface area contributed by atoms with Crippen molar-refractivity contribution in [2.45, 2.75) is 72.0 Å². The molecule has 214 valence electrons. The minimum absolute atomic E-state index is 0.195. The van der Waals surface area contributed by atoms with Gasteiger partial charge in [0.05, 0.1) is 43.9 Å². The van der Waals surface area contributed by atoms with Crippen molar-refractivity contribution in [3.8, 4) is 17.0 Å². The van der Waals surface area contributed by atoms with Gasteiger partial charge in [-0.1, -0.05) is 26.0 Å². The molecule has 2 aromatic rings. The van der Waals surface area contributed by atoms with E-state index in [0.717, 1.165) is 16.2 Å². The number of amides is 2. The van der Waals surface area contributed by atoms with Crippen molar-refractivity contribution in [1.29, 1.82) is 0 Å². The molecule has 9 nitrogen and oxygen atoms in total. The quantitative estimate of drug-likeness (QED) is 0.407. The lowest BCUT2D eigenvalue weighted by molar-refractivity contribution is -0.136. The fourth-order valence-electron chi connectivity index (χ4n) is 4.68. The average molecular weight is 548 g/mol. The van der Waals surface area contributed by atoms with Crippen LogP contribution in [0.5, 0.6) is 5.75 Å². The lowest BCUT2D eigenvalue weighted by atomic mass is 10.0. The number of rotatable bonds is 10. The Balaban J connectivity index is 1.95. The van der Waals surface area contributed by atoms with Crippen LogP contribution in [0, 0.1) is 5.92 Å². The van der Waals surface area contributed by atoms with Crippen LogP contribution in [0.25, 0.3) is 11.3 Å². The number of likely N-dealkylation sites (tertiary alicyclic amines) is 1. The van der Waals surface area contributed by atoms with E-state index in [0.29, 0.717) is 18.1 Å². The second-order valence-corrected chi connectivity index (χ2v) is 10.2. The van der Waals surface area contributed by atoms with Crippen molar-refractivity contribution >= 4 is 17.7 Å². The summed E-state index contributed by atoms with van der Waals surface area (Å²) in [5, 5.41) is 2.47. The number of alkyl carbamates (subject to hydrolysis) is 1. The number of aromatic nitrogens is 2. The zero-order chi connectivity index (χ0) is 28.9. The number of hydrogen-bond acceptors (Lipinski definition) is 6. The van der Waals surface area contributed by atoms with Crippen molar-refractivity contribution in [3.63, 3.8) is 0 Å². The maximum Gasteiger partial charge on any atom is 0.407 e. The number of imidazole rings is 1. The average Bonchev–Trinajstić information content (AvgIpc) is 3.49. The molecule has 2 amide bonds. The van der Waals surface area contributed by atoms with E-state index >= 15 is 0 Å². The Hall–Kier alpha value is -3.63. The Morgan fingerprint density at radius 3 is 2.62 bits per heavy atom. The van der Waals surface area contributed by atoms with E-state index in [2.05, 4.69) is 38.8 Å².